The number of fused-ring (bicyclic) bond motifs is 1. The van der Waals surface area contributed by atoms with Crippen molar-refractivity contribution in [2.45, 2.75) is 6.92 Å². The van der Waals surface area contributed by atoms with Crippen molar-refractivity contribution < 1.29 is 14.6 Å². The zero-order valence-electron chi connectivity index (χ0n) is 11.7. The van der Waals surface area contributed by atoms with Gasteiger partial charge in [0.2, 0.25) is 0 Å². The predicted molar refractivity (Wildman–Crippen MR) is 78.9 cm³/mol. The van der Waals surface area contributed by atoms with Crippen LogP contribution in [0.2, 0.25) is 0 Å². The van der Waals surface area contributed by atoms with Gasteiger partial charge in [0.15, 0.2) is 0 Å². The van der Waals surface area contributed by atoms with E-state index in [1.54, 1.807) is 25.4 Å². The number of ether oxygens (including phenoxy) is 1. The molecule has 0 fully saturated rings. The summed E-state index contributed by atoms with van der Waals surface area (Å²) in [7, 11) is 1.63. The van der Waals surface area contributed by atoms with Gasteiger partial charge < -0.3 is 14.2 Å². The van der Waals surface area contributed by atoms with Crippen LogP contribution >= 0.6 is 0 Å². The van der Waals surface area contributed by atoms with Gasteiger partial charge in [0, 0.05) is 18.0 Å². The Hall–Kier alpha value is -2.82. The molecule has 1 aromatic carbocycles. The normalized spacial score (nSPS) is 10.8. The molecule has 0 radical (unpaired) electrons. The van der Waals surface area contributed by atoms with Gasteiger partial charge in [-0.3, -0.25) is 0 Å². The lowest BCUT2D eigenvalue weighted by Gasteiger charge is -2.05. The van der Waals surface area contributed by atoms with Crippen molar-refractivity contribution in [1.29, 1.82) is 0 Å². The lowest BCUT2D eigenvalue weighted by molar-refractivity contribution is 0.0697. The number of aryl methyl sites for hydroxylation is 1. The molecular formula is C16H14N2O3. The highest BCUT2D eigenvalue weighted by Crippen LogP contribution is 2.26. The standard InChI is InChI=1S/C16H14N2O3/c1-10-7-12(21-2)3-4-13(10)14-9-18-6-5-11(16(19)20)8-15(18)17-14/h3-9H,1-2H3,(H,19,20). The van der Waals surface area contributed by atoms with Crippen LogP contribution in [-0.2, 0) is 0 Å². The van der Waals surface area contributed by atoms with Gasteiger partial charge >= 0.3 is 5.97 Å². The Bertz CT molecular complexity index is 837. The molecule has 106 valence electrons. The van der Waals surface area contributed by atoms with Crippen LogP contribution in [0.3, 0.4) is 0 Å². The van der Waals surface area contributed by atoms with E-state index >= 15 is 0 Å². The summed E-state index contributed by atoms with van der Waals surface area (Å²) >= 11 is 0. The zero-order chi connectivity index (χ0) is 15.0. The Labute approximate surface area is 121 Å². The number of carboxylic acid groups (broad SMARTS) is 1. The van der Waals surface area contributed by atoms with E-state index in [0.29, 0.717) is 5.65 Å². The lowest BCUT2D eigenvalue weighted by atomic mass is 10.1. The Morgan fingerprint density at radius 2 is 2.10 bits per heavy atom. The first-order chi connectivity index (χ1) is 10.1. The van der Waals surface area contributed by atoms with Crippen LogP contribution in [0.25, 0.3) is 16.9 Å². The van der Waals surface area contributed by atoms with E-state index in [1.165, 1.54) is 0 Å². The number of pyridine rings is 1. The van der Waals surface area contributed by atoms with Crippen molar-refractivity contribution in [2.75, 3.05) is 7.11 Å². The first-order valence-corrected chi connectivity index (χ1v) is 6.45. The van der Waals surface area contributed by atoms with Crippen molar-refractivity contribution >= 4 is 11.6 Å². The molecule has 3 aromatic rings. The Balaban J connectivity index is 2.10. The molecular weight excluding hydrogens is 268 g/mol. The number of nitrogens with zero attached hydrogens (tertiary/aromatic N) is 2. The summed E-state index contributed by atoms with van der Waals surface area (Å²) in [4.78, 5) is 15.5. The number of hydrogen-bond donors (Lipinski definition) is 1. The minimum Gasteiger partial charge on any atom is -0.497 e. The van der Waals surface area contributed by atoms with Gasteiger partial charge in [0.1, 0.15) is 11.4 Å². The molecule has 0 spiro atoms. The summed E-state index contributed by atoms with van der Waals surface area (Å²) in [6.45, 7) is 1.99. The highest BCUT2D eigenvalue weighted by atomic mass is 16.5. The summed E-state index contributed by atoms with van der Waals surface area (Å²) in [6, 6.07) is 8.90. The maximum Gasteiger partial charge on any atom is 0.335 e. The molecule has 2 aromatic heterocycles. The average molecular weight is 282 g/mol. The van der Waals surface area contributed by atoms with E-state index < -0.39 is 5.97 Å². The van der Waals surface area contributed by atoms with Crippen molar-refractivity contribution in [2.24, 2.45) is 0 Å². The molecule has 2 heterocycles. The smallest absolute Gasteiger partial charge is 0.335 e. The van der Waals surface area contributed by atoms with Gasteiger partial charge in [-0.25, -0.2) is 9.78 Å². The van der Waals surface area contributed by atoms with Gasteiger partial charge in [-0.15, -0.1) is 0 Å². The van der Waals surface area contributed by atoms with Crippen molar-refractivity contribution in [1.82, 2.24) is 9.38 Å². The third-order valence-corrected chi connectivity index (χ3v) is 3.42. The highest BCUT2D eigenvalue weighted by molar-refractivity contribution is 5.88. The fourth-order valence-corrected chi connectivity index (χ4v) is 2.30. The monoisotopic (exact) mass is 282 g/mol. The number of aromatic nitrogens is 2. The van der Waals surface area contributed by atoms with E-state index in [0.717, 1.165) is 22.6 Å². The molecule has 21 heavy (non-hydrogen) atoms. The molecule has 0 unspecified atom stereocenters. The molecule has 1 N–H and O–H groups in total. The molecule has 3 rings (SSSR count). The Morgan fingerprint density at radius 3 is 2.76 bits per heavy atom. The van der Waals surface area contributed by atoms with Gasteiger partial charge in [-0.2, -0.15) is 0 Å². The maximum atomic E-state index is 11.0. The van der Waals surface area contributed by atoms with Crippen LogP contribution in [-0.4, -0.2) is 27.6 Å². The molecule has 0 atom stereocenters. The quantitative estimate of drug-likeness (QED) is 0.802. The van der Waals surface area contributed by atoms with Crippen LogP contribution in [0.15, 0.2) is 42.7 Å². The first-order valence-electron chi connectivity index (χ1n) is 6.45. The molecule has 0 amide bonds. The summed E-state index contributed by atoms with van der Waals surface area (Å²) in [5, 5.41) is 9.02. The number of methoxy groups -OCH3 is 1. The van der Waals surface area contributed by atoms with Crippen LogP contribution in [0.4, 0.5) is 0 Å². The third kappa shape index (κ3) is 2.33. The molecule has 0 saturated heterocycles. The van der Waals surface area contributed by atoms with Gasteiger partial charge in [0.25, 0.3) is 0 Å². The number of carbonyl (C=O) groups is 1. The lowest BCUT2D eigenvalue weighted by Crippen LogP contribution is -1.96. The fraction of sp³-hybridized carbons (Fsp3) is 0.125. The Morgan fingerprint density at radius 1 is 1.29 bits per heavy atom. The molecule has 0 aliphatic heterocycles. The number of aromatic carboxylic acids is 1. The zero-order valence-corrected chi connectivity index (χ0v) is 11.7. The van der Waals surface area contributed by atoms with E-state index in [-0.39, 0.29) is 5.56 Å². The van der Waals surface area contributed by atoms with Crippen molar-refractivity contribution in [3.8, 4) is 17.0 Å². The third-order valence-electron chi connectivity index (χ3n) is 3.42. The number of rotatable bonds is 3. The predicted octanol–water partition coefficient (Wildman–Crippen LogP) is 3.02. The van der Waals surface area contributed by atoms with Gasteiger partial charge in [0.05, 0.1) is 18.4 Å². The van der Waals surface area contributed by atoms with Crippen molar-refractivity contribution in [3.63, 3.8) is 0 Å². The van der Waals surface area contributed by atoms with E-state index in [1.807, 2.05) is 35.7 Å². The molecule has 5 nitrogen and oxygen atoms in total. The van der Waals surface area contributed by atoms with E-state index in [2.05, 4.69) is 4.98 Å². The van der Waals surface area contributed by atoms with Crippen molar-refractivity contribution in [3.05, 3.63) is 53.9 Å². The number of benzene rings is 1. The average Bonchev–Trinajstić information content (AvgIpc) is 2.89. The van der Waals surface area contributed by atoms with Crippen LogP contribution in [0, 0.1) is 6.92 Å². The summed E-state index contributed by atoms with van der Waals surface area (Å²) in [6.07, 6.45) is 3.59. The topological polar surface area (TPSA) is 63.8 Å². The molecule has 5 heteroatoms. The Kier molecular flexibility index (Phi) is 3.10. The SMILES string of the molecule is COc1ccc(-c2cn3ccc(C(=O)O)cc3n2)c(C)c1. The molecule has 0 aliphatic rings. The minimum absolute atomic E-state index is 0.228. The van der Waals surface area contributed by atoms with E-state index in [9.17, 15) is 4.79 Å². The van der Waals surface area contributed by atoms with Gasteiger partial charge in [-0.05, 0) is 42.8 Å². The summed E-state index contributed by atoms with van der Waals surface area (Å²) in [5.74, 6) is -0.157. The second-order valence-corrected chi connectivity index (χ2v) is 4.79. The largest absolute Gasteiger partial charge is 0.497 e. The summed E-state index contributed by atoms with van der Waals surface area (Å²) < 4.78 is 7.01. The second kappa shape index (κ2) is 4.94. The molecule has 0 bridgehead atoms. The number of carboxylic acids is 1. The molecule has 0 aliphatic carbocycles. The van der Waals surface area contributed by atoms with E-state index in [4.69, 9.17) is 9.84 Å². The number of imidazole rings is 1. The van der Waals surface area contributed by atoms with Gasteiger partial charge in [-0.1, -0.05) is 0 Å². The maximum absolute atomic E-state index is 11.0. The first kappa shape index (κ1) is 13.2. The number of hydrogen-bond acceptors (Lipinski definition) is 3. The minimum atomic E-state index is -0.956. The van der Waals surface area contributed by atoms with Crippen LogP contribution in [0.1, 0.15) is 15.9 Å². The van der Waals surface area contributed by atoms with Crippen LogP contribution in [0.5, 0.6) is 5.75 Å². The summed E-state index contributed by atoms with van der Waals surface area (Å²) in [5.41, 5.74) is 3.69. The van der Waals surface area contributed by atoms with Crippen LogP contribution < -0.4 is 4.74 Å². The molecule has 0 saturated carbocycles. The fourth-order valence-electron chi connectivity index (χ4n) is 2.30. The second-order valence-electron chi connectivity index (χ2n) is 4.79. The highest BCUT2D eigenvalue weighted by Gasteiger charge is 2.10.